The summed E-state index contributed by atoms with van der Waals surface area (Å²) in [6, 6.07) is 1.50. The summed E-state index contributed by atoms with van der Waals surface area (Å²) in [6.07, 6.45) is 1.37. The van der Waals surface area contributed by atoms with Crippen LogP contribution in [0, 0.1) is 0 Å². The number of hydrogen-bond acceptors (Lipinski definition) is 7. The zero-order valence-corrected chi connectivity index (χ0v) is 11.0. The minimum absolute atomic E-state index is 0.121. The lowest BCUT2D eigenvalue weighted by Gasteiger charge is -2.06. The van der Waals surface area contributed by atoms with Crippen LogP contribution in [0.3, 0.4) is 0 Å². The molecule has 0 aliphatic carbocycles. The highest BCUT2D eigenvalue weighted by atomic mass is 32.2. The van der Waals surface area contributed by atoms with Gasteiger partial charge in [0.1, 0.15) is 0 Å². The first-order valence-electron chi connectivity index (χ1n) is 5.20. The van der Waals surface area contributed by atoms with Gasteiger partial charge in [0.15, 0.2) is 0 Å². The Kier molecular flexibility index (Phi) is 5.44. The second-order valence-corrected chi connectivity index (χ2v) is 4.19. The summed E-state index contributed by atoms with van der Waals surface area (Å²) in [5.74, 6) is -0.746. The zero-order chi connectivity index (χ0) is 13.5. The number of nitrogen functional groups attached to an aromatic ring is 1. The van der Waals surface area contributed by atoms with Crippen LogP contribution in [0.15, 0.2) is 17.3 Å². The van der Waals surface area contributed by atoms with Crippen LogP contribution in [0.25, 0.3) is 0 Å². The van der Waals surface area contributed by atoms with Crippen LogP contribution < -0.4 is 5.73 Å². The Bertz CT molecular complexity index is 451. The van der Waals surface area contributed by atoms with Gasteiger partial charge >= 0.3 is 11.9 Å². The first-order valence-corrected chi connectivity index (χ1v) is 6.19. The van der Waals surface area contributed by atoms with E-state index in [-0.39, 0.29) is 29.6 Å². The van der Waals surface area contributed by atoms with Gasteiger partial charge in [-0.2, -0.15) is 0 Å². The molecule has 0 unspecified atom stereocenters. The zero-order valence-electron chi connectivity index (χ0n) is 10.1. The number of ether oxygens (including phenoxy) is 2. The topological polar surface area (TPSA) is 91.5 Å². The lowest BCUT2D eigenvalue weighted by molar-refractivity contribution is -0.137. The Hall–Kier alpha value is -1.76. The third kappa shape index (κ3) is 3.92. The first kappa shape index (κ1) is 14.3. The van der Waals surface area contributed by atoms with E-state index in [1.807, 2.05) is 0 Å². The molecule has 0 aliphatic rings. The van der Waals surface area contributed by atoms with Gasteiger partial charge in [-0.15, -0.1) is 0 Å². The maximum absolute atomic E-state index is 11.6. The van der Waals surface area contributed by atoms with Crippen molar-refractivity contribution in [1.82, 2.24) is 4.98 Å². The smallest absolute Gasteiger partial charge is 0.340 e. The molecule has 0 saturated carbocycles. The first-order chi connectivity index (χ1) is 8.58. The minimum atomic E-state index is -0.502. The Morgan fingerprint density at radius 2 is 2.22 bits per heavy atom. The van der Waals surface area contributed by atoms with Crippen LogP contribution >= 0.6 is 11.8 Å². The number of methoxy groups -OCH3 is 1. The van der Waals surface area contributed by atoms with Gasteiger partial charge in [0.2, 0.25) is 0 Å². The van der Waals surface area contributed by atoms with Crippen molar-refractivity contribution in [2.75, 3.05) is 25.2 Å². The number of thioether (sulfide) groups is 1. The summed E-state index contributed by atoms with van der Waals surface area (Å²) in [7, 11) is 1.31. The molecule has 1 heterocycles. The van der Waals surface area contributed by atoms with Crippen molar-refractivity contribution in [3.8, 4) is 0 Å². The molecule has 1 rings (SSSR count). The normalized spacial score (nSPS) is 9.89. The van der Waals surface area contributed by atoms with Crippen molar-refractivity contribution in [3.05, 3.63) is 17.8 Å². The SMILES string of the molecule is CCOC(=O)c1cc(SCC(=O)OC)ncc1N. The van der Waals surface area contributed by atoms with Crippen molar-refractivity contribution < 1.29 is 19.1 Å². The number of rotatable bonds is 5. The van der Waals surface area contributed by atoms with E-state index in [1.165, 1.54) is 19.4 Å². The second kappa shape index (κ2) is 6.85. The highest BCUT2D eigenvalue weighted by Crippen LogP contribution is 2.21. The fraction of sp³-hybridized carbons (Fsp3) is 0.364. The molecule has 2 N–H and O–H groups in total. The van der Waals surface area contributed by atoms with Crippen LogP contribution in [0.5, 0.6) is 0 Å². The molecule has 0 saturated heterocycles. The number of anilines is 1. The fourth-order valence-electron chi connectivity index (χ4n) is 1.10. The molecule has 0 atom stereocenters. The van der Waals surface area contributed by atoms with Crippen LogP contribution in [0.1, 0.15) is 17.3 Å². The van der Waals surface area contributed by atoms with E-state index >= 15 is 0 Å². The fourth-order valence-corrected chi connectivity index (χ4v) is 1.82. The van der Waals surface area contributed by atoms with Gasteiger partial charge in [-0.3, -0.25) is 4.79 Å². The number of nitrogens with zero attached hydrogens (tertiary/aromatic N) is 1. The third-order valence-corrected chi connectivity index (χ3v) is 2.87. The van der Waals surface area contributed by atoms with Gasteiger partial charge in [0.05, 0.1) is 41.9 Å². The lowest BCUT2D eigenvalue weighted by Crippen LogP contribution is -2.09. The molecule has 18 heavy (non-hydrogen) atoms. The highest BCUT2D eigenvalue weighted by Gasteiger charge is 2.13. The molecule has 98 valence electrons. The van der Waals surface area contributed by atoms with Crippen LogP contribution in [-0.2, 0) is 14.3 Å². The average Bonchev–Trinajstić information content (AvgIpc) is 2.37. The van der Waals surface area contributed by atoms with Crippen molar-refractivity contribution in [3.63, 3.8) is 0 Å². The maximum Gasteiger partial charge on any atom is 0.340 e. The largest absolute Gasteiger partial charge is 0.468 e. The minimum Gasteiger partial charge on any atom is -0.468 e. The van der Waals surface area contributed by atoms with Gasteiger partial charge in [0, 0.05) is 0 Å². The number of hydrogen-bond donors (Lipinski definition) is 1. The molecule has 6 nitrogen and oxygen atoms in total. The van der Waals surface area contributed by atoms with Crippen molar-refractivity contribution in [2.24, 2.45) is 0 Å². The van der Waals surface area contributed by atoms with E-state index in [0.29, 0.717) is 5.03 Å². The molecule has 7 heteroatoms. The maximum atomic E-state index is 11.6. The third-order valence-electron chi connectivity index (χ3n) is 1.97. The Morgan fingerprint density at radius 1 is 1.50 bits per heavy atom. The summed E-state index contributed by atoms with van der Waals surface area (Å²) < 4.78 is 9.37. The van der Waals surface area contributed by atoms with E-state index in [2.05, 4.69) is 9.72 Å². The number of carbonyl (C=O) groups excluding carboxylic acids is 2. The lowest BCUT2D eigenvalue weighted by atomic mass is 10.2. The molecule has 0 amide bonds. The van der Waals surface area contributed by atoms with Gasteiger partial charge in [-0.1, -0.05) is 11.8 Å². The monoisotopic (exact) mass is 270 g/mol. The average molecular weight is 270 g/mol. The molecule has 0 aromatic carbocycles. The quantitative estimate of drug-likeness (QED) is 0.632. The Morgan fingerprint density at radius 3 is 2.83 bits per heavy atom. The molecular weight excluding hydrogens is 256 g/mol. The molecule has 0 aliphatic heterocycles. The van der Waals surface area contributed by atoms with Crippen LogP contribution in [0.4, 0.5) is 5.69 Å². The van der Waals surface area contributed by atoms with Crippen LogP contribution in [-0.4, -0.2) is 36.4 Å². The number of aromatic nitrogens is 1. The van der Waals surface area contributed by atoms with Crippen molar-refractivity contribution >= 4 is 29.4 Å². The standard InChI is InChI=1S/C11H14N2O4S/c1-3-17-11(15)7-4-9(13-5-8(7)12)18-6-10(14)16-2/h4-5H,3,6,12H2,1-2H3. The van der Waals surface area contributed by atoms with E-state index in [1.54, 1.807) is 6.92 Å². The second-order valence-electron chi connectivity index (χ2n) is 3.20. The van der Waals surface area contributed by atoms with Gasteiger partial charge < -0.3 is 15.2 Å². The molecule has 0 spiro atoms. The summed E-state index contributed by atoms with van der Waals surface area (Å²) in [4.78, 5) is 26.6. The molecule has 0 bridgehead atoms. The Balaban J connectivity index is 2.80. The van der Waals surface area contributed by atoms with E-state index < -0.39 is 5.97 Å². The van der Waals surface area contributed by atoms with E-state index in [9.17, 15) is 9.59 Å². The summed E-state index contributed by atoms with van der Waals surface area (Å²) in [6.45, 7) is 1.98. The molecule has 1 aromatic rings. The predicted molar refractivity (Wildman–Crippen MR) is 67.3 cm³/mol. The number of carbonyl (C=O) groups is 2. The molecule has 1 aromatic heterocycles. The number of nitrogens with two attached hydrogens (primary N) is 1. The summed E-state index contributed by atoms with van der Waals surface area (Å²) >= 11 is 1.16. The summed E-state index contributed by atoms with van der Waals surface area (Å²) in [5.41, 5.74) is 6.13. The predicted octanol–water partition coefficient (Wildman–Crippen LogP) is 1.11. The highest BCUT2D eigenvalue weighted by molar-refractivity contribution is 7.99. The number of pyridine rings is 1. The summed E-state index contributed by atoms with van der Waals surface area (Å²) in [5, 5.41) is 0.512. The molecule has 0 fully saturated rings. The number of esters is 2. The molecule has 0 radical (unpaired) electrons. The Labute approximate surface area is 109 Å². The van der Waals surface area contributed by atoms with E-state index in [4.69, 9.17) is 10.5 Å². The van der Waals surface area contributed by atoms with E-state index in [0.717, 1.165) is 11.8 Å². The van der Waals surface area contributed by atoms with Crippen molar-refractivity contribution in [1.29, 1.82) is 0 Å². The van der Waals surface area contributed by atoms with Crippen LogP contribution in [0.2, 0.25) is 0 Å². The van der Waals surface area contributed by atoms with Gasteiger partial charge in [-0.25, -0.2) is 9.78 Å². The van der Waals surface area contributed by atoms with Gasteiger partial charge in [-0.05, 0) is 13.0 Å². The van der Waals surface area contributed by atoms with Crippen molar-refractivity contribution in [2.45, 2.75) is 11.9 Å². The molecular formula is C11H14N2O4S. The van der Waals surface area contributed by atoms with Gasteiger partial charge in [0.25, 0.3) is 0 Å².